The summed E-state index contributed by atoms with van der Waals surface area (Å²) in [6, 6.07) is 7.42. The molecule has 0 bridgehead atoms. The lowest BCUT2D eigenvalue weighted by Crippen LogP contribution is -2.26. The number of hydrogen-bond donors (Lipinski definition) is 1. The number of para-hydroxylation sites is 1. The summed E-state index contributed by atoms with van der Waals surface area (Å²) in [4.78, 5) is 16.0. The van der Waals surface area contributed by atoms with Gasteiger partial charge in [0.25, 0.3) is 0 Å². The first-order valence-corrected chi connectivity index (χ1v) is 7.63. The van der Waals surface area contributed by atoms with Gasteiger partial charge in [-0.1, -0.05) is 19.1 Å². The average Bonchev–Trinajstić information content (AvgIpc) is 2.91. The second kappa shape index (κ2) is 7.08. The van der Waals surface area contributed by atoms with Crippen LogP contribution >= 0.6 is 11.3 Å². The molecular formula is C15H18N2O3S. The molecule has 5 nitrogen and oxygen atoms in total. The lowest BCUT2D eigenvalue weighted by molar-refractivity contribution is -0.151. The number of nitrogens with two attached hydrogens (primary N) is 1. The molecule has 0 aliphatic carbocycles. The van der Waals surface area contributed by atoms with Gasteiger partial charge < -0.3 is 15.2 Å². The smallest absolute Gasteiger partial charge is 0.347 e. The van der Waals surface area contributed by atoms with E-state index in [1.807, 2.05) is 30.5 Å². The highest BCUT2D eigenvalue weighted by Gasteiger charge is 2.18. The number of rotatable bonds is 6. The van der Waals surface area contributed by atoms with E-state index in [1.54, 1.807) is 13.0 Å². The molecule has 1 atom stereocenters. The molecular weight excluding hydrogens is 288 g/mol. The molecule has 2 N–H and O–H groups in total. The van der Waals surface area contributed by atoms with Gasteiger partial charge in [-0.05, 0) is 25.5 Å². The summed E-state index contributed by atoms with van der Waals surface area (Å²) in [5, 5.41) is 2.35. The minimum Gasteiger partial charge on any atom is -0.478 e. The molecule has 0 fully saturated rings. The number of hydrogen-bond acceptors (Lipinski definition) is 6. The maximum atomic E-state index is 11.8. The first-order valence-electron chi connectivity index (χ1n) is 6.75. The topological polar surface area (TPSA) is 74.4 Å². The fraction of sp³-hybridized carbons (Fsp3) is 0.333. The van der Waals surface area contributed by atoms with Crippen LogP contribution < -0.4 is 10.5 Å². The summed E-state index contributed by atoms with van der Waals surface area (Å²) in [5.41, 5.74) is 7.21. The van der Waals surface area contributed by atoms with Crippen molar-refractivity contribution in [2.75, 3.05) is 12.3 Å². The van der Waals surface area contributed by atoms with Gasteiger partial charge in [-0.15, -0.1) is 11.3 Å². The van der Waals surface area contributed by atoms with Gasteiger partial charge in [0.2, 0.25) is 0 Å². The standard InChI is InChI=1S/C15H18N2O3S/c1-3-8-19-14(18)10(2)20-13-7-5-4-6-11(13)12-9-21-15(16)17-12/h4-7,9-10H,3,8H2,1-2H3,(H2,16,17). The molecule has 0 spiro atoms. The summed E-state index contributed by atoms with van der Waals surface area (Å²) < 4.78 is 10.8. The minimum atomic E-state index is -0.673. The Kier molecular flexibility index (Phi) is 5.16. The molecule has 6 heteroatoms. The van der Waals surface area contributed by atoms with Crippen molar-refractivity contribution in [1.29, 1.82) is 0 Å². The van der Waals surface area contributed by atoms with E-state index in [0.29, 0.717) is 17.5 Å². The average molecular weight is 306 g/mol. The van der Waals surface area contributed by atoms with Crippen LogP contribution in [0.4, 0.5) is 5.13 Å². The molecule has 0 saturated heterocycles. The molecule has 2 rings (SSSR count). The predicted molar refractivity (Wildman–Crippen MR) is 83.3 cm³/mol. The van der Waals surface area contributed by atoms with Crippen molar-refractivity contribution in [1.82, 2.24) is 4.98 Å². The third-order valence-electron chi connectivity index (χ3n) is 2.77. The van der Waals surface area contributed by atoms with Crippen LogP contribution in [-0.4, -0.2) is 23.7 Å². The number of esters is 1. The van der Waals surface area contributed by atoms with Gasteiger partial charge >= 0.3 is 5.97 Å². The van der Waals surface area contributed by atoms with Crippen molar-refractivity contribution in [3.63, 3.8) is 0 Å². The van der Waals surface area contributed by atoms with Gasteiger partial charge in [-0.3, -0.25) is 0 Å². The molecule has 112 valence electrons. The Bertz CT molecular complexity index is 612. The van der Waals surface area contributed by atoms with Gasteiger partial charge in [-0.25, -0.2) is 9.78 Å². The molecule has 0 aliphatic rings. The minimum absolute atomic E-state index is 0.371. The first kappa shape index (κ1) is 15.3. The maximum absolute atomic E-state index is 11.8. The highest BCUT2D eigenvalue weighted by Crippen LogP contribution is 2.31. The number of carbonyl (C=O) groups excluding carboxylic acids is 1. The van der Waals surface area contributed by atoms with Crippen LogP contribution in [0.25, 0.3) is 11.3 Å². The van der Waals surface area contributed by atoms with E-state index in [-0.39, 0.29) is 5.97 Å². The highest BCUT2D eigenvalue weighted by molar-refractivity contribution is 7.13. The van der Waals surface area contributed by atoms with Crippen LogP contribution in [0.2, 0.25) is 0 Å². The number of carbonyl (C=O) groups is 1. The molecule has 1 aromatic heterocycles. The van der Waals surface area contributed by atoms with Gasteiger partial charge in [0.05, 0.1) is 12.3 Å². The second-order valence-electron chi connectivity index (χ2n) is 4.49. The second-order valence-corrected chi connectivity index (χ2v) is 5.38. The molecule has 2 aromatic rings. The Morgan fingerprint density at radius 2 is 2.19 bits per heavy atom. The molecule has 1 heterocycles. The number of ether oxygens (including phenoxy) is 2. The zero-order valence-corrected chi connectivity index (χ0v) is 12.9. The third kappa shape index (κ3) is 3.95. The third-order valence-corrected chi connectivity index (χ3v) is 3.44. The molecule has 0 radical (unpaired) electrons. The number of nitrogens with zero attached hydrogens (tertiary/aromatic N) is 1. The number of anilines is 1. The molecule has 1 aromatic carbocycles. The maximum Gasteiger partial charge on any atom is 0.347 e. The number of benzene rings is 1. The molecule has 0 aliphatic heterocycles. The van der Waals surface area contributed by atoms with Gasteiger partial charge in [0, 0.05) is 10.9 Å². The van der Waals surface area contributed by atoms with Crippen molar-refractivity contribution in [2.45, 2.75) is 26.4 Å². The molecule has 1 unspecified atom stereocenters. The van der Waals surface area contributed by atoms with Crippen molar-refractivity contribution >= 4 is 22.4 Å². The van der Waals surface area contributed by atoms with E-state index >= 15 is 0 Å². The Morgan fingerprint density at radius 3 is 2.86 bits per heavy atom. The summed E-state index contributed by atoms with van der Waals surface area (Å²) >= 11 is 1.36. The van der Waals surface area contributed by atoms with Crippen LogP contribution in [-0.2, 0) is 9.53 Å². The van der Waals surface area contributed by atoms with E-state index < -0.39 is 6.10 Å². The van der Waals surface area contributed by atoms with Crippen LogP contribution in [0.3, 0.4) is 0 Å². The van der Waals surface area contributed by atoms with Gasteiger partial charge in [0.15, 0.2) is 11.2 Å². The van der Waals surface area contributed by atoms with Gasteiger partial charge in [-0.2, -0.15) is 0 Å². The Balaban J connectivity index is 2.15. The van der Waals surface area contributed by atoms with Crippen molar-refractivity contribution in [2.24, 2.45) is 0 Å². The van der Waals surface area contributed by atoms with Crippen molar-refractivity contribution in [3.05, 3.63) is 29.6 Å². The normalized spacial score (nSPS) is 11.9. The van der Waals surface area contributed by atoms with E-state index in [2.05, 4.69) is 4.98 Å². The van der Waals surface area contributed by atoms with Crippen molar-refractivity contribution in [3.8, 4) is 17.0 Å². The Morgan fingerprint density at radius 1 is 1.43 bits per heavy atom. The van der Waals surface area contributed by atoms with E-state index in [0.717, 1.165) is 17.7 Å². The zero-order chi connectivity index (χ0) is 15.2. The van der Waals surface area contributed by atoms with Gasteiger partial charge in [0.1, 0.15) is 5.75 Å². The zero-order valence-electron chi connectivity index (χ0n) is 12.0. The highest BCUT2D eigenvalue weighted by atomic mass is 32.1. The van der Waals surface area contributed by atoms with Crippen LogP contribution in [0.5, 0.6) is 5.75 Å². The summed E-state index contributed by atoms with van der Waals surface area (Å²) in [7, 11) is 0. The fourth-order valence-corrected chi connectivity index (χ4v) is 2.31. The lowest BCUT2D eigenvalue weighted by Gasteiger charge is -2.15. The monoisotopic (exact) mass is 306 g/mol. The number of nitrogen functional groups attached to an aromatic ring is 1. The Hall–Kier alpha value is -2.08. The van der Waals surface area contributed by atoms with Crippen LogP contribution in [0, 0.1) is 0 Å². The van der Waals surface area contributed by atoms with Crippen LogP contribution in [0.1, 0.15) is 20.3 Å². The van der Waals surface area contributed by atoms with E-state index in [4.69, 9.17) is 15.2 Å². The summed E-state index contributed by atoms with van der Waals surface area (Å²) in [6.45, 7) is 4.02. The first-order chi connectivity index (χ1) is 10.1. The molecule has 0 amide bonds. The SMILES string of the molecule is CCCOC(=O)C(C)Oc1ccccc1-c1csc(N)n1. The largest absolute Gasteiger partial charge is 0.478 e. The van der Waals surface area contributed by atoms with Crippen molar-refractivity contribution < 1.29 is 14.3 Å². The number of thiazole rings is 1. The summed E-state index contributed by atoms with van der Waals surface area (Å²) in [5.74, 6) is 0.216. The van der Waals surface area contributed by atoms with E-state index in [1.165, 1.54) is 11.3 Å². The van der Waals surface area contributed by atoms with Crippen LogP contribution in [0.15, 0.2) is 29.6 Å². The Labute approximate surface area is 127 Å². The van der Waals surface area contributed by atoms with E-state index in [9.17, 15) is 4.79 Å². The number of aromatic nitrogens is 1. The predicted octanol–water partition coefficient (Wildman–Crippen LogP) is 3.11. The fourth-order valence-electron chi connectivity index (χ4n) is 1.75. The lowest BCUT2D eigenvalue weighted by atomic mass is 10.1. The molecule has 21 heavy (non-hydrogen) atoms. The quantitative estimate of drug-likeness (QED) is 0.830. The molecule has 0 saturated carbocycles. The summed E-state index contributed by atoms with van der Waals surface area (Å²) in [6.07, 6.45) is 0.112.